The Kier molecular flexibility index (Phi) is 11.9. The van der Waals surface area contributed by atoms with Crippen molar-refractivity contribution in [3.05, 3.63) is 28.0 Å². The summed E-state index contributed by atoms with van der Waals surface area (Å²) in [5, 5.41) is 19.4. The van der Waals surface area contributed by atoms with Crippen LogP contribution in [0.1, 0.15) is 56.1 Å². The van der Waals surface area contributed by atoms with Gasteiger partial charge in [0.1, 0.15) is 22.4 Å². The molecule has 0 amide bonds. The molecule has 0 radical (unpaired) electrons. The number of fused-ring (bicyclic) bond motifs is 3. The molecule has 2 saturated carbocycles. The highest BCUT2D eigenvalue weighted by molar-refractivity contribution is 7.85. The third kappa shape index (κ3) is 7.16. The summed E-state index contributed by atoms with van der Waals surface area (Å²) in [5.74, 6) is 2.49. The van der Waals surface area contributed by atoms with Crippen LogP contribution >= 0.6 is 24.5 Å². The second-order valence-corrected chi connectivity index (χ2v) is 17.3. The van der Waals surface area contributed by atoms with Crippen LogP contribution < -0.4 is 20.1 Å². The number of aliphatic hydroxyl groups is 1. The number of likely N-dealkylation sites (tertiary alicyclic amines) is 1. The van der Waals surface area contributed by atoms with Gasteiger partial charge in [0.2, 0.25) is 5.88 Å². The molecule has 3 aromatic rings. The van der Waals surface area contributed by atoms with Gasteiger partial charge in [-0.25, -0.2) is 9.37 Å². The summed E-state index contributed by atoms with van der Waals surface area (Å²) in [7, 11) is 0.779. The predicted molar refractivity (Wildman–Crippen MR) is 211 cm³/mol. The number of β-amino-alcohol motifs (C(OH)–C–C–N with tert-alkyl or cyclic N) is 1. The fourth-order valence-corrected chi connectivity index (χ4v) is 12.1. The SMILES string of the molecule is COc1nc(-c2c(C)c(Cl)cc(N)c2C=N)c(F)c2nc(OCC34CCCC3N(C3CC5CS(=O)CC5C3)CCC4)nc(N3CCOCC(O)C3)c12.OS. The number of hydrogen-bond donors (Lipinski definition) is 5. The second kappa shape index (κ2) is 16.3. The Labute approximate surface area is 327 Å². The first kappa shape index (κ1) is 39.4. The average molecular weight is 806 g/mol. The van der Waals surface area contributed by atoms with Crippen molar-refractivity contribution in [2.24, 2.45) is 17.3 Å². The molecule has 5 N–H and O–H groups in total. The number of benzene rings is 1. The standard InChI is InChI=1S/C37H47ClFN7O5S.H2OS/c1-20-26(38)13-27(41)25(14-40)29(20)32-31(39)33-30(35(42-32)49-2)34(45-9-10-50-16-24(47)15-45)44-36(43-33)51-19-37-6-3-5-28(37)46(8-4-7-37)23-11-21-17-52(48)18-22(21)12-23;1-2/h13-14,21-24,28,40,47H,3-12,15-19,41H2,1-2H3;1-2H. The maximum atomic E-state index is 17.1. The number of thiol groups is 1. The largest absolute Gasteiger partial charge is 0.480 e. The van der Waals surface area contributed by atoms with Crippen LogP contribution in [0.4, 0.5) is 15.9 Å². The minimum Gasteiger partial charge on any atom is -0.480 e. The van der Waals surface area contributed by atoms with E-state index in [-0.39, 0.29) is 63.9 Å². The van der Waals surface area contributed by atoms with Crippen molar-refractivity contribution in [3.63, 3.8) is 0 Å². The molecule has 3 saturated heterocycles. The van der Waals surface area contributed by atoms with Crippen LogP contribution in [0, 0.1) is 35.4 Å². The quantitative estimate of drug-likeness (QED) is 0.0878. The summed E-state index contributed by atoms with van der Waals surface area (Å²) >= 11 is 9.05. The lowest BCUT2D eigenvalue weighted by atomic mass is 9.75. The number of nitrogen functional groups attached to an aromatic ring is 1. The number of nitrogens with one attached hydrogen (secondary N) is 1. The van der Waals surface area contributed by atoms with Gasteiger partial charge in [-0.1, -0.05) is 18.0 Å². The Bertz CT molecular complexity index is 1910. The molecule has 2 aliphatic carbocycles. The van der Waals surface area contributed by atoms with Crippen LogP contribution in [0.3, 0.4) is 0 Å². The molecule has 2 aromatic heterocycles. The summed E-state index contributed by atoms with van der Waals surface area (Å²) in [6.45, 7) is 4.27. The van der Waals surface area contributed by atoms with Crippen molar-refractivity contribution in [1.82, 2.24) is 19.9 Å². The van der Waals surface area contributed by atoms with Gasteiger partial charge in [-0.3, -0.25) is 9.11 Å². The van der Waals surface area contributed by atoms with E-state index in [4.69, 9.17) is 51.5 Å². The number of aliphatic hydroxyl groups excluding tert-OH is 1. The first-order valence-electron chi connectivity index (χ1n) is 18.6. The molecule has 1 aromatic carbocycles. The third-order valence-corrected chi connectivity index (χ3v) is 14.3. The highest BCUT2D eigenvalue weighted by Crippen LogP contribution is 2.52. The van der Waals surface area contributed by atoms with Gasteiger partial charge in [0.05, 0.1) is 33.0 Å². The van der Waals surface area contributed by atoms with Gasteiger partial charge in [-0.15, -0.1) is 0 Å². The number of ether oxygens (including phenoxy) is 3. The zero-order valence-electron chi connectivity index (χ0n) is 30.6. The van der Waals surface area contributed by atoms with E-state index in [1.54, 1.807) is 13.0 Å². The van der Waals surface area contributed by atoms with E-state index in [0.29, 0.717) is 60.1 Å². The lowest BCUT2D eigenvalue weighted by Gasteiger charge is -2.48. The van der Waals surface area contributed by atoms with Gasteiger partial charge in [0, 0.05) is 80.9 Å². The summed E-state index contributed by atoms with van der Waals surface area (Å²) in [6, 6.07) is 2.46. The van der Waals surface area contributed by atoms with Crippen LogP contribution in [0.15, 0.2) is 6.07 Å². The number of nitrogens with zero attached hydrogens (tertiary/aromatic N) is 5. The fraction of sp³-hybridized carbons (Fsp3) is 0.622. The van der Waals surface area contributed by atoms with E-state index in [9.17, 15) is 9.32 Å². The molecule has 5 fully saturated rings. The minimum absolute atomic E-state index is 0.0323. The molecule has 5 unspecified atom stereocenters. The van der Waals surface area contributed by atoms with Crippen LogP contribution in [0.25, 0.3) is 22.2 Å². The third-order valence-electron chi connectivity index (χ3n) is 12.4. The lowest BCUT2D eigenvalue weighted by Crippen LogP contribution is -2.55. The highest BCUT2D eigenvalue weighted by atomic mass is 35.5. The van der Waals surface area contributed by atoms with E-state index in [2.05, 4.69) is 22.8 Å². The van der Waals surface area contributed by atoms with E-state index in [0.717, 1.165) is 69.2 Å². The number of methoxy groups -OCH3 is 1. The van der Waals surface area contributed by atoms with Crippen molar-refractivity contribution < 1.29 is 32.5 Å². The van der Waals surface area contributed by atoms with Gasteiger partial charge >= 0.3 is 6.01 Å². The molecule has 5 aliphatic rings. The fourth-order valence-electron chi connectivity index (χ4n) is 9.93. The first-order chi connectivity index (χ1) is 26.1. The monoisotopic (exact) mass is 805 g/mol. The summed E-state index contributed by atoms with van der Waals surface area (Å²) < 4.78 is 54.1. The molecular weight excluding hydrogens is 757 g/mol. The van der Waals surface area contributed by atoms with Crippen molar-refractivity contribution in [2.45, 2.75) is 70.1 Å². The van der Waals surface area contributed by atoms with Gasteiger partial charge in [0.25, 0.3) is 0 Å². The molecule has 0 bridgehead atoms. The number of pyridine rings is 1. The Hall–Kier alpha value is -2.86. The number of anilines is 2. The smallest absolute Gasteiger partial charge is 0.319 e. The normalized spacial score (nSPS) is 29.6. The van der Waals surface area contributed by atoms with E-state index < -0.39 is 22.7 Å². The van der Waals surface area contributed by atoms with Crippen molar-refractivity contribution in [1.29, 1.82) is 5.41 Å². The number of aromatic nitrogens is 3. The number of piperidine rings is 1. The molecule has 0 spiro atoms. The van der Waals surface area contributed by atoms with E-state index in [1.165, 1.54) is 7.11 Å². The molecule has 5 heterocycles. The predicted octanol–water partition coefficient (Wildman–Crippen LogP) is 5.14. The molecule has 3 aliphatic heterocycles. The Morgan fingerprint density at radius 2 is 1.94 bits per heavy atom. The zero-order chi connectivity index (χ0) is 38.3. The highest BCUT2D eigenvalue weighted by Gasteiger charge is 2.52. The maximum Gasteiger partial charge on any atom is 0.319 e. The van der Waals surface area contributed by atoms with Crippen molar-refractivity contribution in [3.8, 4) is 23.1 Å². The van der Waals surface area contributed by atoms with Crippen LogP contribution in [0.2, 0.25) is 5.02 Å². The molecular formula is C37H49ClFN7O6S2. The summed E-state index contributed by atoms with van der Waals surface area (Å²) in [6.07, 6.45) is 7.88. The maximum absolute atomic E-state index is 17.1. The molecule has 54 heavy (non-hydrogen) atoms. The molecule has 294 valence electrons. The van der Waals surface area contributed by atoms with Crippen LogP contribution in [-0.4, -0.2) is 116 Å². The lowest BCUT2D eigenvalue weighted by molar-refractivity contribution is -0.0223. The first-order valence-corrected chi connectivity index (χ1v) is 20.9. The number of halogens is 2. The Balaban J connectivity index is 0.00000221. The van der Waals surface area contributed by atoms with E-state index >= 15 is 4.39 Å². The van der Waals surface area contributed by atoms with Gasteiger partial charge in [0.15, 0.2) is 5.82 Å². The van der Waals surface area contributed by atoms with Crippen molar-refractivity contribution in [2.75, 3.05) is 68.7 Å². The average Bonchev–Trinajstić information content (AvgIpc) is 3.82. The van der Waals surface area contributed by atoms with Crippen molar-refractivity contribution >= 4 is 63.9 Å². The molecule has 5 atom stereocenters. The minimum atomic E-state index is -0.798. The summed E-state index contributed by atoms with van der Waals surface area (Å²) in [5.41, 5.74) is 7.28. The van der Waals surface area contributed by atoms with Gasteiger partial charge < -0.3 is 39.9 Å². The van der Waals surface area contributed by atoms with Gasteiger partial charge in [-0.05, 0) is 88.4 Å². The van der Waals surface area contributed by atoms with E-state index in [1.807, 2.05) is 4.90 Å². The Morgan fingerprint density at radius 1 is 1.20 bits per heavy atom. The molecule has 8 rings (SSSR count). The van der Waals surface area contributed by atoms with Gasteiger partial charge in [-0.2, -0.15) is 9.97 Å². The summed E-state index contributed by atoms with van der Waals surface area (Å²) in [4.78, 5) is 18.8. The zero-order valence-corrected chi connectivity index (χ0v) is 33.1. The topological polar surface area (TPSA) is 180 Å². The Morgan fingerprint density at radius 3 is 2.67 bits per heavy atom. The van der Waals surface area contributed by atoms with Crippen LogP contribution in [-0.2, 0) is 15.5 Å². The molecule has 17 heteroatoms. The second-order valence-electron chi connectivity index (χ2n) is 15.3. The molecule has 13 nitrogen and oxygen atoms in total. The number of rotatable bonds is 8. The number of hydrogen-bond acceptors (Lipinski definition) is 14. The number of nitrogens with two attached hydrogens (primary N) is 1. The van der Waals surface area contributed by atoms with Crippen LogP contribution in [0.5, 0.6) is 11.9 Å².